The maximum Gasteiger partial charge on any atom is 0.226 e. The van der Waals surface area contributed by atoms with Crippen LogP contribution in [0.5, 0.6) is 0 Å². The number of aromatic amines is 1. The van der Waals surface area contributed by atoms with Gasteiger partial charge in [0.2, 0.25) is 5.95 Å². The van der Waals surface area contributed by atoms with Crippen LogP contribution in [0.2, 0.25) is 0 Å². The number of H-pyrrole nitrogens is 1. The number of imidazole rings is 1. The second-order valence-corrected chi connectivity index (χ2v) is 4.42. The van der Waals surface area contributed by atoms with Gasteiger partial charge in [-0.3, -0.25) is 4.68 Å². The number of aryl methyl sites for hydroxylation is 1. The smallest absolute Gasteiger partial charge is 0.226 e. The van der Waals surface area contributed by atoms with Crippen molar-refractivity contribution in [1.82, 2.24) is 29.7 Å². The number of hydrogen-bond acceptors (Lipinski definition) is 6. The second kappa shape index (κ2) is 5.16. The minimum absolute atomic E-state index is 0.560. The summed E-state index contributed by atoms with van der Waals surface area (Å²) in [7, 11) is 1.87. The standard InChI is InChI=1S/C12H16N8/c1-3-5-13-12-17-10-9(14-7-15-10)11(18-12)16-8-4-6-20(2)19-8/h4,6-7H,3,5H2,1-2H3,(H3,13,14,15,16,17,18,19). The third kappa shape index (κ3) is 2.40. The zero-order valence-electron chi connectivity index (χ0n) is 11.4. The van der Waals surface area contributed by atoms with Crippen LogP contribution in [0, 0.1) is 0 Å². The third-order valence-electron chi connectivity index (χ3n) is 2.78. The lowest BCUT2D eigenvalue weighted by molar-refractivity contribution is 0.771. The minimum atomic E-state index is 0.560. The molecule has 0 aliphatic heterocycles. The summed E-state index contributed by atoms with van der Waals surface area (Å²) in [5.74, 6) is 1.94. The van der Waals surface area contributed by atoms with E-state index in [0.29, 0.717) is 17.4 Å². The van der Waals surface area contributed by atoms with E-state index in [4.69, 9.17) is 0 Å². The van der Waals surface area contributed by atoms with Crippen molar-refractivity contribution < 1.29 is 0 Å². The molecule has 0 aliphatic carbocycles. The van der Waals surface area contributed by atoms with E-state index in [0.717, 1.165) is 24.3 Å². The number of anilines is 3. The van der Waals surface area contributed by atoms with E-state index < -0.39 is 0 Å². The molecule has 3 aromatic heterocycles. The van der Waals surface area contributed by atoms with Crippen molar-refractivity contribution >= 4 is 28.7 Å². The predicted octanol–water partition coefficient (Wildman–Crippen LogP) is 1.65. The Morgan fingerprint density at radius 3 is 3.00 bits per heavy atom. The zero-order valence-corrected chi connectivity index (χ0v) is 11.4. The fraction of sp³-hybridized carbons (Fsp3) is 0.333. The van der Waals surface area contributed by atoms with E-state index in [2.05, 4.69) is 42.6 Å². The Kier molecular flexibility index (Phi) is 3.20. The molecule has 0 radical (unpaired) electrons. The number of aromatic nitrogens is 6. The second-order valence-electron chi connectivity index (χ2n) is 4.42. The van der Waals surface area contributed by atoms with Crippen molar-refractivity contribution in [2.75, 3.05) is 17.2 Å². The number of nitrogens with one attached hydrogen (secondary N) is 3. The predicted molar refractivity (Wildman–Crippen MR) is 77.0 cm³/mol. The topological polar surface area (TPSA) is 96.3 Å². The molecule has 0 amide bonds. The molecule has 0 saturated heterocycles. The molecule has 3 heterocycles. The van der Waals surface area contributed by atoms with Crippen LogP contribution in [0.3, 0.4) is 0 Å². The van der Waals surface area contributed by atoms with Gasteiger partial charge in [-0.1, -0.05) is 6.92 Å². The Morgan fingerprint density at radius 2 is 2.25 bits per heavy atom. The van der Waals surface area contributed by atoms with Gasteiger partial charge >= 0.3 is 0 Å². The van der Waals surface area contributed by atoms with E-state index in [1.54, 1.807) is 11.0 Å². The summed E-state index contributed by atoms with van der Waals surface area (Å²) in [4.78, 5) is 16.0. The molecule has 0 atom stereocenters. The lowest BCUT2D eigenvalue weighted by atomic mass is 10.4. The van der Waals surface area contributed by atoms with Gasteiger partial charge in [0, 0.05) is 25.9 Å². The van der Waals surface area contributed by atoms with Gasteiger partial charge in [-0.2, -0.15) is 15.1 Å². The molecule has 0 saturated carbocycles. The SMILES string of the molecule is CCCNc1nc(Nc2ccn(C)n2)c2[nH]cnc2n1. The molecule has 0 bridgehead atoms. The normalized spacial score (nSPS) is 10.9. The van der Waals surface area contributed by atoms with E-state index in [-0.39, 0.29) is 0 Å². The Hall–Kier alpha value is -2.64. The summed E-state index contributed by atoms with van der Waals surface area (Å²) >= 11 is 0. The molecule has 0 aliphatic rings. The summed E-state index contributed by atoms with van der Waals surface area (Å²) < 4.78 is 1.73. The van der Waals surface area contributed by atoms with Gasteiger partial charge in [-0.15, -0.1) is 0 Å². The first-order valence-corrected chi connectivity index (χ1v) is 6.48. The van der Waals surface area contributed by atoms with Crippen molar-refractivity contribution in [1.29, 1.82) is 0 Å². The van der Waals surface area contributed by atoms with Crippen LogP contribution in [0.15, 0.2) is 18.6 Å². The van der Waals surface area contributed by atoms with Crippen molar-refractivity contribution in [2.45, 2.75) is 13.3 Å². The molecule has 20 heavy (non-hydrogen) atoms. The van der Waals surface area contributed by atoms with Gasteiger partial charge in [0.05, 0.1) is 6.33 Å². The zero-order chi connectivity index (χ0) is 13.9. The van der Waals surface area contributed by atoms with Crippen molar-refractivity contribution in [3.05, 3.63) is 18.6 Å². The number of nitrogens with zero attached hydrogens (tertiary/aromatic N) is 5. The molecular weight excluding hydrogens is 256 g/mol. The highest BCUT2D eigenvalue weighted by Crippen LogP contribution is 2.21. The molecule has 8 heteroatoms. The molecule has 0 spiro atoms. The number of fused-ring (bicyclic) bond motifs is 1. The molecule has 104 valence electrons. The summed E-state index contributed by atoms with van der Waals surface area (Å²) in [6.07, 6.45) is 4.47. The third-order valence-corrected chi connectivity index (χ3v) is 2.78. The molecule has 0 unspecified atom stereocenters. The van der Waals surface area contributed by atoms with Gasteiger partial charge < -0.3 is 15.6 Å². The van der Waals surface area contributed by atoms with Gasteiger partial charge in [0.15, 0.2) is 17.3 Å². The highest BCUT2D eigenvalue weighted by Gasteiger charge is 2.10. The van der Waals surface area contributed by atoms with Crippen LogP contribution in [-0.4, -0.2) is 36.3 Å². The Morgan fingerprint density at radius 1 is 1.35 bits per heavy atom. The Labute approximate surface area is 115 Å². The fourth-order valence-corrected chi connectivity index (χ4v) is 1.84. The quantitative estimate of drug-likeness (QED) is 0.653. The first-order chi connectivity index (χ1) is 9.76. The van der Waals surface area contributed by atoms with Crippen LogP contribution in [0.4, 0.5) is 17.6 Å². The maximum absolute atomic E-state index is 4.46. The summed E-state index contributed by atoms with van der Waals surface area (Å²) in [5.41, 5.74) is 1.38. The molecular formula is C12H16N8. The van der Waals surface area contributed by atoms with Crippen LogP contribution in [0.25, 0.3) is 11.2 Å². The monoisotopic (exact) mass is 272 g/mol. The first kappa shape index (κ1) is 12.4. The Bertz CT molecular complexity index is 713. The molecule has 0 fully saturated rings. The maximum atomic E-state index is 4.46. The molecule has 3 rings (SSSR count). The lowest BCUT2D eigenvalue weighted by Gasteiger charge is -2.07. The lowest BCUT2D eigenvalue weighted by Crippen LogP contribution is -2.06. The summed E-state index contributed by atoms with van der Waals surface area (Å²) in [6.45, 7) is 2.91. The molecule has 8 nitrogen and oxygen atoms in total. The van der Waals surface area contributed by atoms with Crippen LogP contribution >= 0.6 is 0 Å². The Balaban J connectivity index is 1.96. The average Bonchev–Trinajstić information content (AvgIpc) is 3.05. The van der Waals surface area contributed by atoms with Crippen molar-refractivity contribution in [3.8, 4) is 0 Å². The molecule has 3 aromatic rings. The fourth-order valence-electron chi connectivity index (χ4n) is 1.84. The van der Waals surface area contributed by atoms with E-state index in [1.807, 2.05) is 19.3 Å². The van der Waals surface area contributed by atoms with Gasteiger partial charge in [0.1, 0.15) is 5.52 Å². The van der Waals surface area contributed by atoms with Crippen molar-refractivity contribution in [2.24, 2.45) is 7.05 Å². The van der Waals surface area contributed by atoms with E-state index in [1.165, 1.54) is 0 Å². The number of rotatable bonds is 5. The molecule has 3 N–H and O–H groups in total. The minimum Gasteiger partial charge on any atom is -0.354 e. The molecule has 0 aromatic carbocycles. The first-order valence-electron chi connectivity index (χ1n) is 6.48. The highest BCUT2D eigenvalue weighted by atomic mass is 15.3. The van der Waals surface area contributed by atoms with E-state index in [9.17, 15) is 0 Å². The number of hydrogen-bond donors (Lipinski definition) is 3. The summed E-state index contributed by atoms with van der Waals surface area (Å²) in [5, 5.41) is 10.6. The van der Waals surface area contributed by atoms with Gasteiger partial charge in [-0.05, 0) is 6.42 Å². The largest absolute Gasteiger partial charge is 0.354 e. The van der Waals surface area contributed by atoms with E-state index >= 15 is 0 Å². The van der Waals surface area contributed by atoms with Crippen LogP contribution < -0.4 is 10.6 Å². The van der Waals surface area contributed by atoms with Gasteiger partial charge in [0.25, 0.3) is 0 Å². The van der Waals surface area contributed by atoms with Crippen LogP contribution in [0.1, 0.15) is 13.3 Å². The van der Waals surface area contributed by atoms with Gasteiger partial charge in [-0.25, -0.2) is 4.98 Å². The van der Waals surface area contributed by atoms with Crippen LogP contribution in [-0.2, 0) is 7.05 Å². The average molecular weight is 272 g/mol. The highest BCUT2D eigenvalue weighted by molar-refractivity contribution is 5.85. The van der Waals surface area contributed by atoms with Crippen molar-refractivity contribution in [3.63, 3.8) is 0 Å². The summed E-state index contributed by atoms with van der Waals surface area (Å²) in [6, 6.07) is 1.88.